The minimum Gasteiger partial charge on any atom is -0.474 e. The Kier molecular flexibility index (Phi) is 6.83. The van der Waals surface area contributed by atoms with Crippen LogP contribution in [0.5, 0.6) is 5.88 Å². The number of rotatable bonds is 7. The Morgan fingerprint density at radius 1 is 1.22 bits per heavy atom. The van der Waals surface area contributed by atoms with Gasteiger partial charge in [-0.05, 0) is 38.2 Å². The number of anilines is 3. The molecule has 2 aromatic rings. The lowest BCUT2D eigenvalue weighted by Crippen LogP contribution is -2.46. The van der Waals surface area contributed by atoms with Crippen LogP contribution in [0, 0.1) is 0 Å². The van der Waals surface area contributed by atoms with Gasteiger partial charge >= 0.3 is 6.03 Å². The largest absolute Gasteiger partial charge is 0.474 e. The summed E-state index contributed by atoms with van der Waals surface area (Å²) in [6.45, 7) is 1.42. The Hall–Kier alpha value is -3.63. The van der Waals surface area contributed by atoms with E-state index in [1.807, 2.05) is 0 Å². The topological polar surface area (TPSA) is 140 Å². The third-order valence-electron chi connectivity index (χ3n) is 5.64. The highest BCUT2D eigenvalue weighted by atomic mass is 16.6. The van der Waals surface area contributed by atoms with E-state index in [4.69, 9.17) is 15.3 Å². The average molecular weight is 441 g/mol. The number of urea groups is 1. The van der Waals surface area contributed by atoms with E-state index in [-0.39, 0.29) is 18.2 Å². The van der Waals surface area contributed by atoms with E-state index in [1.165, 1.54) is 26.1 Å². The van der Waals surface area contributed by atoms with Gasteiger partial charge in [0.2, 0.25) is 5.88 Å². The number of nitrogens with one attached hydrogen (secondary N) is 2. The molecule has 0 atom stereocenters. The van der Waals surface area contributed by atoms with Crippen molar-refractivity contribution in [2.24, 2.45) is 5.16 Å². The number of carbonyl (C=O) groups is 1. The van der Waals surface area contributed by atoms with Crippen LogP contribution in [0.25, 0.3) is 0 Å². The minimum atomic E-state index is -0.253. The van der Waals surface area contributed by atoms with Crippen molar-refractivity contribution in [1.29, 1.82) is 0 Å². The summed E-state index contributed by atoms with van der Waals surface area (Å²) in [6.07, 6.45) is 9.73. The number of carbonyl (C=O) groups excluding carboxylic acids is 1. The molecule has 1 aliphatic carbocycles. The first kappa shape index (κ1) is 21.6. The van der Waals surface area contributed by atoms with Crippen molar-refractivity contribution in [3.63, 3.8) is 0 Å². The van der Waals surface area contributed by atoms with Crippen LogP contribution < -0.4 is 26.0 Å². The molecule has 4 N–H and O–H groups in total. The zero-order chi connectivity index (χ0) is 22.3. The van der Waals surface area contributed by atoms with Crippen LogP contribution in [0.3, 0.4) is 0 Å². The van der Waals surface area contributed by atoms with Crippen molar-refractivity contribution in [2.75, 3.05) is 36.1 Å². The van der Waals surface area contributed by atoms with E-state index in [9.17, 15) is 4.79 Å². The standard InChI is InChI=1S/C21H28N8O3/c1-31-26-12-17-19(22)24-13-25-20(17)29-9-7-14(8-10-29)27-21(30)28-15-5-6-18(23-11-15)32-16-3-2-4-16/h5-6,11-14,16H,2-4,7-10H2,1H3,(H2,22,24,25)(H2,27,28,30)/b26-12+. The fourth-order valence-corrected chi connectivity index (χ4v) is 3.65. The van der Waals surface area contributed by atoms with E-state index < -0.39 is 0 Å². The smallest absolute Gasteiger partial charge is 0.319 e. The zero-order valence-corrected chi connectivity index (χ0v) is 18.0. The lowest BCUT2D eigenvalue weighted by atomic mass is 9.96. The number of nitrogens with zero attached hydrogens (tertiary/aromatic N) is 5. The Balaban J connectivity index is 1.26. The summed E-state index contributed by atoms with van der Waals surface area (Å²) in [5.41, 5.74) is 7.22. The quantitative estimate of drug-likeness (QED) is 0.439. The minimum absolute atomic E-state index is 0.0516. The molecule has 11 nitrogen and oxygen atoms in total. The molecule has 32 heavy (non-hydrogen) atoms. The molecule has 2 fully saturated rings. The number of hydrogen-bond donors (Lipinski definition) is 3. The molecule has 0 bridgehead atoms. The molecule has 170 valence electrons. The SMILES string of the molecule is CO/N=C/c1c(N)ncnc1N1CCC(NC(=O)Nc2ccc(OC3CCC3)nc2)CC1. The molecule has 0 spiro atoms. The van der Waals surface area contributed by atoms with Crippen LogP contribution >= 0.6 is 0 Å². The Morgan fingerprint density at radius 3 is 2.69 bits per heavy atom. The third-order valence-corrected chi connectivity index (χ3v) is 5.64. The van der Waals surface area contributed by atoms with Gasteiger partial charge in [-0.25, -0.2) is 19.7 Å². The number of ether oxygens (including phenoxy) is 1. The molecule has 1 saturated heterocycles. The van der Waals surface area contributed by atoms with E-state index in [1.54, 1.807) is 18.3 Å². The number of nitrogen functional groups attached to an aromatic ring is 1. The maximum atomic E-state index is 12.4. The molecular formula is C21H28N8O3. The third kappa shape index (κ3) is 5.34. The van der Waals surface area contributed by atoms with E-state index in [0.29, 0.717) is 41.9 Å². The summed E-state index contributed by atoms with van der Waals surface area (Å²) in [5, 5.41) is 9.64. The first-order valence-electron chi connectivity index (χ1n) is 10.7. The van der Waals surface area contributed by atoms with Gasteiger partial charge < -0.3 is 30.8 Å². The highest BCUT2D eigenvalue weighted by Crippen LogP contribution is 2.25. The molecule has 2 amide bonds. The van der Waals surface area contributed by atoms with Gasteiger partial charge in [-0.15, -0.1) is 0 Å². The summed E-state index contributed by atoms with van der Waals surface area (Å²) in [7, 11) is 1.46. The number of oxime groups is 1. The Bertz CT molecular complexity index is 941. The van der Waals surface area contributed by atoms with Crippen molar-refractivity contribution in [3.05, 3.63) is 30.2 Å². The van der Waals surface area contributed by atoms with Crippen molar-refractivity contribution in [2.45, 2.75) is 44.2 Å². The highest BCUT2D eigenvalue weighted by molar-refractivity contribution is 5.92. The molecule has 0 unspecified atom stereocenters. The van der Waals surface area contributed by atoms with Crippen LogP contribution in [0.2, 0.25) is 0 Å². The normalized spacial score (nSPS) is 17.1. The maximum absolute atomic E-state index is 12.4. The van der Waals surface area contributed by atoms with Gasteiger partial charge in [-0.3, -0.25) is 0 Å². The van der Waals surface area contributed by atoms with Gasteiger partial charge in [-0.2, -0.15) is 0 Å². The lowest BCUT2D eigenvalue weighted by Gasteiger charge is -2.33. The summed E-state index contributed by atoms with van der Waals surface area (Å²) < 4.78 is 5.74. The average Bonchev–Trinajstić information content (AvgIpc) is 2.77. The van der Waals surface area contributed by atoms with Crippen molar-refractivity contribution < 1.29 is 14.4 Å². The van der Waals surface area contributed by atoms with Gasteiger partial charge in [0, 0.05) is 25.2 Å². The first-order chi connectivity index (χ1) is 15.6. The van der Waals surface area contributed by atoms with Crippen LogP contribution in [-0.4, -0.2) is 59.5 Å². The highest BCUT2D eigenvalue weighted by Gasteiger charge is 2.24. The predicted molar refractivity (Wildman–Crippen MR) is 121 cm³/mol. The van der Waals surface area contributed by atoms with Crippen LogP contribution in [0.4, 0.5) is 22.1 Å². The van der Waals surface area contributed by atoms with E-state index in [2.05, 4.69) is 35.6 Å². The summed E-state index contributed by atoms with van der Waals surface area (Å²) in [6, 6.07) is 3.38. The van der Waals surface area contributed by atoms with Gasteiger partial charge in [0.15, 0.2) is 0 Å². The first-order valence-corrected chi connectivity index (χ1v) is 10.7. The number of pyridine rings is 1. The molecule has 2 aromatic heterocycles. The zero-order valence-electron chi connectivity index (χ0n) is 18.0. The fourth-order valence-electron chi connectivity index (χ4n) is 3.65. The Morgan fingerprint density at radius 2 is 2.03 bits per heavy atom. The number of aromatic nitrogens is 3. The van der Waals surface area contributed by atoms with Crippen LogP contribution in [0.1, 0.15) is 37.7 Å². The summed E-state index contributed by atoms with van der Waals surface area (Å²) >= 11 is 0. The molecule has 2 aliphatic rings. The number of hydrogen-bond acceptors (Lipinski definition) is 9. The fraction of sp³-hybridized carbons (Fsp3) is 0.476. The number of amides is 2. The second-order valence-electron chi connectivity index (χ2n) is 7.83. The van der Waals surface area contributed by atoms with Gasteiger partial charge in [0.25, 0.3) is 0 Å². The molecule has 1 saturated carbocycles. The van der Waals surface area contributed by atoms with Crippen LogP contribution in [0.15, 0.2) is 29.8 Å². The van der Waals surface area contributed by atoms with Gasteiger partial charge in [-0.1, -0.05) is 5.16 Å². The van der Waals surface area contributed by atoms with Crippen molar-refractivity contribution in [1.82, 2.24) is 20.3 Å². The van der Waals surface area contributed by atoms with Gasteiger partial charge in [0.1, 0.15) is 31.2 Å². The molecule has 0 aromatic carbocycles. The molecule has 0 radical (unpaired) electrons. The van der Waals surface area contributed by atoms with E-state index >= 15 is 0 Å². The molecule has 1 aliphatic heterocycles. The molecular weight excluding hydrogens is 412 g/mol. The monoisotopic (exact) mass is 440 g/mol. The maximum Gasteiger partial charge on any atom is 0.319 e. The predicted octanol–water partition coefficient (Wildman–Crippen LogP) is 2.16. The molecule has 11 heteroatoms. The Labute approximate surface area is 186 Å². The number of piperidine rings is 1. The molecule has 3 heterocycles. The molecule has 4 rings (SSSR count). The van der Waals surface area contributed by atoms with Gasteiger partial charge in [0.05, 0.1) is 23.7 Å². The van der Waals surface area contributed by atoms with Crippen molar-refractivity contribution in [3.8, 4) is 5.88 Å². The summed E-state index contributed by atoms with van der Waals surface area (Å²) in [4.78, 5) is 31.9. The second-order valence-corrected chi connectivity index (χ2v) is 7.83. The van der Waals surface area contributed by atoms with Crippen molar-refractivity contribution >= 4 is 29.6 Å². The number of nitrogens with two attached hydrogens (primary N) is 1. The summed E-state index contributed by atoms with van der Waals surface area (Å²) in [5.74, 6) is 1.64. The second kappa shape index (κ2) is 10.1. The van der Waals surface area contributed by atoms with Crippen LogP contribution in [-0.2, 0) is 4.84 Å². The van der Waals surface area contributed by atoms with E-state index in [0.717, 1.165) is 25.7 Å². The lowest BCUT2D eigenvalue weighted by molar-refractivity contribution is 0.114.